The lowest BCUT2D eigenvalue weighted by Crippen LogP contribution is -2.28. The largest absolute Gasteiger partial charge is 0.309 e. The number of aryl methyl sites for hydroxylation is 2. The summed E-state index contributed by atoms with van der Waals surface area (Å²) in [4.78, 5) is 28.9. The van der Waals surface area contributed by atoms with Crippen molar-refractivity contribution < 1.29 is 9.59 Å². The third-order valence-corrected chi connectivity index (χ3v) is 6.50. The summed E-state index contributed by atoms with van der Waals surface area (Å²) in [6, 6.07) is 13.2. The number of nitrogens with zero attached hydrogens (tertiary/aromatic N) is 5. The van der Waals surface area contributed by atoms with Crippen molar-refractivity contribution in [1.82, 2.24) is 20.4 Å². The number of aliphatic imine (C=N–C) groups is 1. The Morgan fingerprint density at radius 2 is 1.78 bits per heavy atom. The minimum atomic E-state index is -0.495. The van der Waals surface area contributed by atoms with Crippen molar-refractivity contribution in [3.05, 3.63) is 70.9 Å². The molecule has 9 nitrogen and oxygen atoms in total. The summed E-state index contributed by atoms with van der Waals surface area (Å²) >= 11 is 1.40. The first kappa shape index (κ1) is 25.3. The van der Waals surface area contributed by atoms with Gasteiger partial charge in [0, 0.05) is 19.1 Å². The first-order chi connectivity index (χ1) is 17.5. The van der Waals surface area contributed by atoms with Crippen LogP contribution in [0.2, 0.25) is 0 Å². The predicted octanol–water partition coefficient (Wildman–Crippen LogP) is 4.19. The van der Waals surface area contributed by atoms with E-state index in [0.29, 0.717) is 17.4 Å². The molecule has 0 aliphatic carbocycles. The lowest BCUT2D eigenvalue weighted by molar-refractivity contribution is -0.117. The van der Waals surface area contributed by atoms with E-state index in [1.807, 2.05) is 61.7 Å². The fourth-order valence-corrected chi connectivity index (χ4v) is 4.59. The number of nitrogens with one attached hydrogen (secondary N) is 2. The Kier molecular flexibility index (Phi) is 8.62. The zero-order valence-corrected chi connectivity index (χ0v) is 21.0. The van der Waals surface area contributed by atoms with Crippen LogP contribution in [-0.2, 0) is 28.9 Å². The van der Waals surface area contributed by atoms with Crippen molar-refractivity contribution in [2.75, 3.05) is 10.6 Å². The molecule has 1 atom stereocenters. The van der Waals surface area contributed by atoms with E-state index in [0.717, 1.165) is 48.4 Å². The van der Waals surface area contributed by atoms with Gasteiger partial charge in [-0.1, -0.05) is 53.8 Å². The Bertz CT molecular complexity index is 1210. The van der Waals surface area contributed by atoms with Crippen LogP contribution in [0.1, 0.15) is 48.9 Å². The van der Waals surface area contributed by atoms with Gasteiger partial charge >= 0.3 is 0 Å². The van der Waals surface area contributed by atoms with Crippen LogP contribution in [0.25, 0.3) is 0 Å². The maximum Gasteiger partial charge on any atom is 0.229 e. The number of amides is 2. The molecule has 1 aliphatic rings. The lowest BCUT2D eigenvalue weighted by Gasteiger charge is -2.22. The number of aromatic nitrogens is 4. The topological polar surface area (TPSA) is 122 Å². The molecule has 186 valence electrons. The molecule has 0 spiro atoms. The van der Waals surface area contributed by atoms with E-state index >= 15 is 0 Å². The van der Waals surface area contributed by atoms with Gasteiger partial charge in [0.25, 0.3) is 0 Å². The summed E-state index contributed by atoms with van der Waals surface area (Å²) in [6.07, 6.45) is 10.6. The minimum Gasteiger partial charge on any atom is -0.309 e. The highest BCUT2D eigenvalue weighted by atomic mass is 32.1. The van der Waals surface area contributed by atoms with Gasteiger partial charge < -0.3 is 10.6 Å². The summed E-state index contributed by atoms with van der Waals surface area (Å²) in [5.74, 6) is 0.204. The fourth-order valence-electron chi connectivity index (χ4n) is 3.80. The molecular weight excluding hydrogens is 474 g/mol. The standard InChI is InChI=1S/C26H29N7O2S/c1-26(15-7-8-16-27-26)18-23(35)29-25-33-32-24(36-25)12-6-5-11-20-13-14-21(31-30-20)28-22(34)17-19-9-3-2-4-10-19/h2-4,7,9-10,13-16H,5-6,8,11-12,17-18H2,1H3,(H,28,31,34)(H,29,33,35). The van der Waals surface area contributed by atoms with Crippen LogP contribution in [0.15, 0.2) is 59.6 Å². The number of dihydropyridines is 1. The van der Waals surface area contributed by atoms with Crippen molar-refractivity contribution in [2.24, 2.45) is 4.99 Å². The highest BCUT2D eigenvalue weighted by molar-refractivity contribution is 7.15. The summed E-state index contributed by atoms with van der Waals surface area (Å²) in [6.45, 7) is 1.93. The molecule has 2 aromatic heterocycles. The molecule has 0 saturated heterocycles. The number of benzene rings is 1. The van der Waals surface area contributed by atoms with E-state index in [9.17, 15) is 9.59 Å². The van der Waals surface area contributed by atoms with Gasteiger partial charge in [-0.3, -0.25) is 14.6 Å². The second-order valence-electron chi connectivity index (χ2n) is 8.86. The van der Waals surface area contributed by atoms with Crippen LogP contribution in [0.3, 0.4) is 0 Å². The predicted molar refractivity (Wildman–Crippen MR) is 141 cm³/mol. The summed E-state index contributed by atoms with van der Waals surface area (Å²) in [5.41, 5.74) is 1.32. The molecule has 3 heterocycles. The molecule has 1 aliphatic heterocycles. The van der Waals surface area contributed by atoms with E-state index in [1.165, 1.54) is 11.3 Å². The first-order valence-electron chi connectivity index (χ1n) is 12.0. The maximum absolute atomic E-state index is 12.4. The van der Waals surface area contributed by atoms with Crippen LogP contribution in [0.4, 0.5) is 10.9 Å². The van der Waals surface area contributed by atoms with Crippen LogP contribution in [0, 0.1) is 0 Å². The van der Waals surface area contributed by atoms with Crippen LogP contribution < -0.4 is 10.6 Å². The van der Waals surface area contributed by atoms with E-state index in [4.69, 9.17) is 0 Å². The average molecular weight is 504 g/mol. The molecule has 36 heavy (non-hydrogen) atoms. The van der Waals surface area contributed by atoms with Gasteiger partial charge in [0.2, 0.25) is 16.9 Å². The number of hydrogen-bond donors (Lipinski definition) is 2. The first-order valence-corrected chi connectivity index (χ1v) is 12.8. The molecule has 0 fully saturated rings. The molecule has 3 aromatic rings. The van der Waals surface area contributed by atoms with Gasteiger partial charge in [0.1, 0.15) is 5.01 Å². The SMILES string of the molecule is CC1(CC(=O)Nc2nnc(CCCCc3ccc(NC(=O)Cc4ccccc4)nn3)s2)C=CCC=N1. The molecule has 0 bridgehead atoms. The van der Waals surface area contributed by atoms with Gasteiger partial charge in [-0.15, -0.1) is 15.3 Å². The lowest BCUT2D eigenvalue weighted by atomic mass is 9.95. The van der Waals surface area contributed by atoms with Gasteiger partial charge in [-0.2, -0.15) is 5.10 Å². The van der Waals surface area contributed by atoms with Gasteiger partial charge in [-0.25, -0.2) is 0 Å². The Balaban J connectivity index is 1.15. The van der Waals surface area contributed by atoms with Crippen molar-refractivity contribution in [3.63, 3.8) is 0 Å². The van der Waals surface area contributed by atoms with Crippen LogP contribution in [-0.4, -0.2) is 44.0 Å². The Labute approximate surface area is 214 Å². The van der Waals surface area contributed by atoms with Crippen LogP contribution >= 0.6 is 11.3 Å². The third kappa shape index (κ3) is 7.88. The fraction of sp³-hybridized carbons (Fsp3) is 0.346. The Hall–Kier alpha value is -3.79. The number of carbonyl (C=O) groups is 2. The van der Waals surface area contributed by atoms with E-state index in [-0.39, 0.29) is 18.2 Å². The van der Waals surface area contributed by atoms with Crippen molar-refractivity contribution in [2.45, 2.75) is 57.4 Å². The maximum atomic E-state index is 12.4. The number of anilines is 2. The van der Waals surface area contributed by atoms with Gasteiger partial charge in [-0.05, 0) is 43.9 Å². The molecule has 2 N–H and O–H groups in total. The summed E-state index contributed by atoms with van der Waals surface area (Å²) in [5, 5.41) is 23.6. The van der Waals surface area contributed by atoms with Crippen molar-refractivity contribution in [1.29, 1.82) is 0 Å². The third-order valence-electron chi connectivity index (χ3n) is 5.60. The van der Waals surface area contributed by atoms with E-state index in [1.54, 1.807) is 6.07 Å². The minimum absolute atomic E-state index is 0.121. The zero-order chi connectivity index (χ0) is 25.2. The van der Waals surface area contributed by atoms with Gasteiger partial charge in [0.05, 0.1) is 24.1 Å². The summed E-state index contributed by atoms with van der Waals surface area (Å²) in [7, 11) is 0. The quantitative estimate of drug-likeness (QED) is 0.299. The Morgan fingerprint density at radius 3 is 2.53 bits per heavy atom. The second kappa shape index (κ2) is 12.3. The highest BCUT2D eigenvalue weighted by Crippen LogP contribution is 2.23. The Morgan fingerprint density at radius 1 is 0.944 bits per heavy atom. The zero-order valence-electron chi connectivity index (χ0n) is 20.2. The molecule has 10 heteroatoms. The average Bonchev–Trinajstić information content (AvgIpc) is 3.30. The number of allylic oxidation sites excluding steroid dienone is 1. The highest BCUT2D eigenvalue weighted by Gasteiger charge is 2.25. The molecule has 2 amide bonds. The smallest absolute Gasteiger partial charge is 0.229 e. The molecule has 4 rings (SSSR count). The number of hydrogen-bond acceptors (Lipinski definition) is 8. The van der Waals surface area contributed by atoms with Crippen molar-refractivity contribution >= 4 is 40.3 Å². The van der Waals surface area contributed by atoms with Crippen LogP contribution in [0.5, 0.6) is 0 Å². The van der Waals surface area contributed by atoms with Crippen molar-refractivity contribution in [3.8, 4) is 0 Å². The number of unbranched alkanes of at least 4 members (excludes halogenated alkanes) is 1. The monoisotopic (exact) mass is 503 g/mol. The molecule has 1 aromatic carbocycles. The normalized spacial score (nSPS) is 16.6. The van der Waals surface area contributed by atoms with Gasteiger partial charge in [0.15, 0.2) is 5.82 Å². The molecule has 0 radical (unpaired) electrons. The summed E-state index contributed by atoms with van der Waals surface area (Å²) < 4.78 is 0. The molecule has 1 unspecified atom stereocenters. The molecular formula is C26H29N7O2S. The van der Waals surface area contributed by atoms with E-state index < -0.39 is 5.54 Å². The second-order valence-corrected chi connectivity index (χ2v) is 9.92. The van der Waals surface area contributed by atoms with E-state index in [2.05, 4.69) is 36.0 Å². The number of carbonyl (C=O) groups excluding carboxylic acids is 2. The molecule has 0 saturated carbocycles. The number of rotatable bonds is 11.